The third kappa shape index (κ3) is 11.2. The van der Waals surface area contributed by atoms with E-state index in [4.69, 9.17) is 10.8 Å². The number of rotatable bonds is 9. The molecule has 0 bridgehead atoms. The lowest BCUT2D eigenvalue weighted by Crippen LogP contribution is -2.23. The predicted molar refractivity (Wildman–Crippen MR) is 62.0 cm³/mol. The lowest BCUT2D eigenvalue weighted by atomic mass is 10.0. The average molecular weight is 216 g/mol. The Morgan fingerprint density at radius 3 is 2.40 bits per heavy atom. The minimum Gasteiger partial charge on any atom is -0.465 e. The van der Waals surface area contributed by atoms with Crippen LogP contribution in [-0.4, -0.2) is 23.8 Å². The highest BCUT2D eigenvalue weighted by Gasteiger charge is 2.01. The van der Waals surface area contributed by atoms with Crippen LogP contribution in [0.5, 0.6) is 0 Å². The Bertz CT molecular complexity index is 163. The molecular formula is C11H24N2O2. The van der Waals surface area contributed by atoms with Crippen molar-refractivity contribution < 1.29 is 9.90 Å². The summed E-state index contributed by atoms with van der Waals surface area (Å²) in [6, 6.07) is 0.293. The Labute approximate surface area is 92.2 Å². The zero-order valence-corrected chi connectivity index (χ0v) is 9.67. The van der Waals surface area contributed by atoms with Crippen LogP contribution in [0.3, 0.4) is 0 Å². The Morgan fingerprint density at radius 1 is 1.27 bits per heavy atom. The Balaban J connectivity index is 3.16. The van der Waals surface area contributed by atoms with Crippen LogP contribution in [0.1, 0.15) is 51.9 Å². The topological polar surface area (TPSA) is 75.3 Å². The fourth-order valence-corrected chi connectivity index (χ4v) is 1.53. The first-order valence-corrected chi connectivity index (χ1v) is 5.89. The van der Waals surface area contributed by atoms with Crippen LogP contribution in [0.15, 0.2) is 0 Å². The molecule has 4 nitrogen and oxygen atoms in total. The van der Waals surface area contributed by atoms with Gasteiger partial charge in [-0.1, -0.05) is 32.6 Å². The molecule has 0 radical (unpaired) electrons. The van der Waals surface area contributed by atoms with Gasteiger partial charge >= 0.3 is 6.09 Å². The number of amides is 1. The first-order valence-electron chi connectivity index (χ1n) is 5.89. The fraction of sp³-hybridized carbons (Fsp3) is 0.909. The number of unbranched alkanes of at least 4 members (excludes halogenated alkanes) is 3. The molecule has 0 aromatic heterocycles. The van der Waals surface area contributed by atoms with E-state index in [9.17, 15) is 4.79 Å². The zero-order valence-electron chi connectivity index (χ0n) is 9.67. The van der Waals surface area contributed by atoms with Crippen molar-refractivity contribution in [2.24, 2.45) is 5.73 Å². The quantitative estimate of drug-likeness (QED) is 0.518. The van der Waals surface area contributed by atoms with Gasteiger partial charge in [0.15, 0.2) is 0 Å². The number of hydrogen-bond acceptors (Lipinski definition) is 2. The van der Waals surface area contributed by atoms with Gasteiger partial charge in [-0.2, -0.15) is 0 Å². The van der Waals surface area contributed by atoms with Crippen molar-refractivity contribution in [1.29, 1.82) is 0 Å². The van der Waals surface area contributed by atoms with Gasteiger partial charge in [0.05, 0.1) is 0 Å². The maximum atomic E-state index is 10.1. The van der Waals surface area contributed by atoms with Crippen molar-refractivity contribution in [3.05, 3.63) is 0 Å². The molecule has 90 valence electrons. The largest absolute Gasteiger partial charge is 0.465 e. The zero-order chi connectivity index (χ0) is 11.5. The van der Waals surface area contributed by atoms with E-state index in [0.717, 1.165) is 25.7 Å². The monoisotopic (exact) mass is 216 g/mol. The van der Waals surface area contributed by atoms with Crippen molar-refractivity contribution in [3.8, 4) is 0 Å². The molecule has 4 heteroatoms. The standard InChI is InChI=1S/C11H24N2O2/c1-2-3-4-7-10(12)8-5-6-9-13-11(14)15/h10,13H,2-9,12H2,1H3,(H,14,15). The van der Waals surface area contributed by atoms with Crippen LogP contribution >= 0.6 is 0 Å². The summed E-state index contributed by atoms with van der Waals surface area (Å²) in [5.74, 6) is 0. The summed E-state index contributed by atoms with van der Waals surface area (Å²) < 4.78 is 0. The van der Waals surface area contributed by atoms with Gasteiger partial charge in [0, 0.05) is 12.6 Å². The number of carbonyl (C=O) groups is 1. The highest BCUT2D eigenvalue weighted by molar-refractivity contribution is 5.64. The third-order valence-electron chi connectivity index (χ3n) is 2.46. The van der Waals surface area contributed by atoms with E-state index in [1.54, 1.807) is 0 Å². The van der Waals surface area contributed by atoms with Gasteiger partial charge in [-0.15, -0.1) is 0 Å². The number of nitrogens with one attached hydrogen (secondary N) is 1. The molecule has 0 aliphatic heterocycles. The van der Waals surface area contributed by atoms with E-state index in [1.807, 2.05) is 0 Å². The van der Waals surface area contributed by atoms with Crippen molar-refractivity contribution >= 4 is 6.09 Å². The normalized spacial score (nSPS) is 12.4. The van der Waals surface area contributed by atoms with Crippen molar-refractivity contribution in [2.75, 3.05) is 6.54 Å². The summed E-state index contributed by atoms with van der Waals surface area (Å²) in [4.78, 5) is 10.1. The Hall–Kier alpha value is -0.770. The van der Waals surface area contributed by atoms with E-state index < -0.39 is 6.09 Å². The molecular weight excluding hydrogens is 192 g/mol. The third-order valence-corrected chi connectivity index (χ3v) is 2.46. The molecule has 0 aliphatic carbocycles. The molecule has 0 aromatic rings. The van der Waals surface area contributed by atoms with E-state index in [0.29, 0.717) is 12.6 Å². The van der Waals surface area contributed by atoms with Crippen molar-refractivity contribution in [3.63, 3.8) is 0 Å². The van der Waals surface area contributed by atoms with Crippen LogP contribution in [0, 0.1) is 0 Å². The molecule has 15 heavy (non-hydrogen) atoms. The van der Waals surface area contributed by atoms with Gasteiger partial charge in [-0.3, -0.25) is 0 Å². The number of carboxylic acid groups (broad SMARTS) is 1. The van der Waals surface area contributed by atoms with E-state index >= 15 is 0 Å². The van der Waals surface area contributed by atoms with Gasteiger partial charge in [-0.25, -0.2) is 4.79 Å². The number of hydrogen-bond donors (Lipinski definition) is 3. The molecule has 0 saturated carbocycles. The molecule has 1 atom stereocenters. The SMILES string of the molecule is CCCCCC(N)CCCCNC(=O)O. The molecule has 0 fully saturated rings. The van der Waals surface area contributed by atoms with E-state index in [2.05, 4.69) is 12.2 Å². The van der Waals surface area contributed by atoms with Crippen LogP contribution in [0.2, 0.25) is 0 Å². The number of nitrogens with two attached hydrogens (primary N) is 1. The molecule has 0 spiro atoms. The van der Waals surface area contributed by atoms with Crippen LogP contribution < -0.4 is 11.1 Å². The highest BCUT2D eigenvalue weighted by Crippen LogP contribution is 2.07. The fourth-order valence-electron chi connectivity index (χ4n) is 1.53. The van der Waals surface area contributed by atoms with Crippen LogP contribution in [0.25, 0.3) is 0 Å². The first-order chi connectivity index (χ1) is 7.16. The molecule has 0 rings (SSSR count). The highest BCUT2D eigenvalue weighted by atomic mass is 16.4. The summed E-state index contributed by atoms with van der Waals surface area (Å²) in [6.07, 6.45) is 6.75. The summed E-state index contributed by atoms with van der Waals surface area (Å²) in [7, 11) is 0. The molecule has 0 heterocycles. The maximum absolute atomic E-state index is 10.1. The van der Waals surface area contributed by atoms with E-state index in [-0.39, 0.29) is 0 Å². The maximum Gasteiger partial charge on any atom is 0.404 e. The Morgan fingerprint density at radius 2 is 1.87 bits per heavy atom. The molecule has 0 saturated heterocycles. The minimum absolute atomic E-state index is 0.293. The Kier molecular flexibility index (Phi) is 9.27. The van der Waals surface area contributed by atoms with Gasteiger partial charge in [-0.05, 0) is 19.3 Å². The summed E-state index contributed by atoms with van der Waals surface area (Å²) >= 11 is 0. The minimum atomic E-state index is -0.942. The average Bonchev–Trinajstić information content (AvgIpc) is 2.17. The van der Waals surface area contributed by atoms with Gasteiger partial charge in [0.1, 0.15) is 0 Å². The lowest BCUT2D eigenvalue weighted by Gasteiger charge is -2.10. The molecule has 0 aliphatic rings. The first kappa shape index (κ1) is 14.2. The second kappa shape index (κ2) is 9.77. The summed E-state index contributed by atoms with van der Waals surface area (Å²) in [6.45, 7) is 2.72. The molecule has 1 unspecified atom stereocenters. The van der Waals surface area contributed by atoms with Crippen molar-refractivity contribution in [1.82, 2.24) is 5.32 Å². The lowest BCUT2D eigenvalue weighted by molar-refractivity contribution is 0.194. The van der Waals surface area contributed by atoms with Gasteiger partial charge in [0.2, 0.25) is 0 Å². The van der Waals surface area contributed by atoms with Crippen LogP contribution in [-0.2, 0) is 0 Å². The van der Waals surface area contributed by atoms with Crippen molar-refractivity contribution in [2.45, 2.75) is 57.9 Å². The molecule has 0 aromatic carbocycles. The smallest absolute Gasteiger partial charge is 0.404 e. The van der Waals surface area contributed by atoms with Gasteiger partial charge in [0.25, 0.3) is 0 Å². The second-order valence-electron chi connectivity index (χ2n) is 3.98. The molecule has 4 N–H and O–H groups in total. The molecule has 1 amide bonds. The summed E-state index contributed by atoms with van der Waals surface area (Å²) in [5.41, 5.74) is 5.92. The van der Waals surface area contributed by atoms with E-state index in [1.165, 1.54) is 19.3 Å². The second-order valence-corrected chi connectivity index (χ2v) is 3.98. The van der Waals surface area contributed by atoms with Crippen LogP contribution in [0.4, 0.5) is 4.79 Å². The predicted octanol–water partition coefficient (Wildman–Crippen LogP) is 2.33. The summed E-state index contributed by atoms with van der Waals surface area (Å²) in [5, 5.41) is 10.7. The van der Waals surface area contributed by atoms with Gasteiger partial charge < -0.3 is 16.2 Å².